The van der Waals surface area contributed by atoms with Gasteiger partial charge < -0.3 is 14.5 Å². The van der Waals surface area contributed by atoms with E-state index in [0.717, 1.165) is 52.3 Å². The summed E-state index contributed by atoms with van der Waals surface area (Å²) in [5, 5.41) is 8.08. The van der Waals surface area contributed by atoms with Gasteiger partial charge in [-0.25, -0.2) is 4.98 Å². The molecule has 5 rings (SSSR count). The minimum atomic E-state index is -0.363. The van der Waals surface area contributed by atoms with Crippen LogP contribution in [0.4, 0.5) is 5.82 Å². The number of pyridine rings is 2. The summed E-state index contributed by atoms with van der Waals surface area (Å²) < 4.78 is 5.20. The Labute approximate surface area is 243 Å². The zero-order valence-corrected chi connectivity index (χ0v) is 25.2. The van der Waals surface area contributed by atoms with Crippen LogP contribution in [-0.4, -0.2) is 63.9 Å². The Balaban J connectivity index is 1.69. The first-order chi connectivity index (χ1) is 16.8. The largest absolute Gasteiger partial charge is 0.378 e. The molecule has 0 unspecified atom stereocenters. The normalized spacial score (nSPS) is 14.3. The molecule has 1 N–H and O–H groups in total. The van der Waals surface area contributed by atoms with E-state index >= 15 is 0 Å². The molecule has 1 saturated heterocycles. The molecule has 1 aromatic carbocycles. The van der Waals surface area contributed by atoms with Gasteiger partial charge in [-0.3, -0.25) is 14.9 Å². The van der Waals surface area contributed by atoms with E-state index in [1.54, 1.807) is 17.3 Å². The molecule has 0 saturated carbocycles. The Hall–Kier alpha value is -1.59. The number of nitrogens with zero attached hydrogens (tertiary/aromatic N) is 5. The molecule has 4 aromatic rings. The zero-order valence-electron chi connectivity index (χ0n) is 18.7. The van der Waals surface area contributed by atoms with Crippen LogP contribution in [0, 0.1) is 0 Å². The van der Waals surface area contributed by atoms with Crippen molar-refractivity contribution in [2.75, 3.05) is 38.3 Å². The molecular weight excluding hydrogens is 785 g/mol. The molecule has 4 heterocycles. The van der Waals surface area contributed by atoms with Crippen molar-refractivity contribution in [2.45, 2.75) is -0.441 Å². The van der Waals surface area contributed by atoms with E-state index in [0.29, 0.717) is 18.8 Å². The standard InChI is InChI=1S/C24H21I3N6O2/c1-32(24(25,26)27)23(34)16-4-2-3-15(13-16)18-14-20(33-9-11-35-12-10-33)30-21-17(18)5-7-28-22(21)19-6-8-29-31-19/h2-8,13-14H,9-12H2,1H3,(H,29,31). The molecule has 0 spiro atoms. The monoisotopic (exact) mass is 806 g/mol. The molecule has 0 atom stereocenters. The lowest BCUT2D eigenvalue weighted by atomic mass is 9.98. The molecule has 0 bridgehead atoms. The van der Waals surface area contributed by atoms with E-state index in [2.05, 4.69) is 93.9 Å². The molecule has 35 heavy (non-hydrogen) atoms. The molecule has 1 fully saturated rings. The zero-order chi connectivity index (χ0) is 24.6. The van der Waals surface area contributed by atoms with E-state index in [9.17, 15) is 4.79 Å². The summed E-state index contributed by atoms with van der Waals surface area (Å²) in [6.45, 7) is 2.86. The van der Waals surface area contributed by atoms with E-state index in [4.69, 9.17) is 9.72 Å². The number of amides is 1. The van der Waals surface area contributed by atoms with Crippen LogP contribution in [0.5, 0.6) is 0 Å². The number of hydrogen-bond donors (Lipinski definition) is 1. The van der Waals surface area contributed by atoms with E-state index < -0.39 is 0 Å². The molecule has 1 amide bonds. The summed E-state index contributed by atoms with van der Waals surface area (Å²) in [5.41, 5.74) is 4.93. The number of ether oxygens (including phenoxy) is 1. The third-order valence-corrected chi connectivity index (χ3v) is 8.08. The van der Waals surface area contributed by atoms with Gasteiger partial charge in [0.1, 0.15) is 17.0 Å². The van der Waals surface area contributed by atoms with Crippen LogP contribution in [0.1, 0.15) is 10.4 Å². The molecule has 180 valence electrons. The first-order valence-corrected chi connectivity index (χ1v) is 14.1. The van der Waals surface area contributed by atoms with E-state index in [1.807, 2.05) is 43.4 Å². The van der Waals surface area contributed by atoms with Crippen LogP contribution in [0.15, 0.2) is 54.9 Å². The van der Waals surface area contributed by atoms with E-state index in [-0.39, 0.29) is 5.47 Å². The number of H-pyrrole nitrogens is 1. The fraction of sp³-hybridized carbons (Fsp3) is 0.250. The van der Waals surface area contributed by atoms with Gasteiger partial charge in [-0.1, -0.05) is 12.1 Å². The van der Waals surface area contributed by atoms with Gasteiger partial charge in [-0.15, -0.1) is 0 Å². The number of carbonyl (C=O) groups is 1. The summed E-state index contributed by atoms with van der Waals surface area (Å²) in [5.74, 6) is 0.834. The number of nitrogens with one attached hydrogen (secondary N) is 1. The number of fused-ring (bicyclic) bond motifs is 1. The van der Waals surface area contributed by atoms with Gasteiger partial charge in [0.15, 0.2) is -0.441 Å². The molecule has 1 aliphatic rings. The second kappa shape index (κ2) is 10.4. The lowest BCUT2D eigenvalue weighted by Crippen LogP contribution is -2.36. The summed E-state index contributed by atoms with van der Waals surface area (Å²) in [6.07, 6.45) is 3.50. The number of aromatic nitrogens is 4. The minimum absolute atomic E-state index is 0.0309. The summed E-state index contributed by atoms with van der Waals surface area (Å²) >= 11 is 6.76. The number of rotatable bonds is 5. The number of anilines is 1. The SMILES string of the molecule is CN(C(=O)c1cccc(-c2cc(N3CCOCC3)nc3c(-c4ccn[nH]4)nccc23)c1)C(I)(I)I. The number of halogens is 3. The Bertz CT molecular complexity index is 1370. The van der Waals surface area contributed by atoms with Crippen molar-refractivity contribution < 1.29 is 9.53 Å². The molecule has 0 aliphatic carbocycles. The number of alkyl halides is 3. The van der Waals surface area contributed by atoms with Crippen molar-refractivity contribution in [3.63, 3.8) is 0 Å². The minimum Gasteiger partial charge on any atom is -0.378 e. The number of morpholine rings is 1. The first kappa shape index (κ1) is 25.1. The lowest BCUT2D eigenvalue weighted by Gasteiger charge is -2.29. The fourth-order valence-electron chi connectivity index (χ4n) is 4.04. The lowest BCUT2D eigenvalue weighted by molar-refractivity contribution is 0.0814. The second-order valence-electron chi connectivity index (χ2n) is 8.07. The highest BCUT2D eigenvalue weighted by atomic mass is 127. The number of aromatic amines is 1. The topological polar surface area (TPSA) is 87.2 Å². The van der Waals surface area contributed by atoms with Gasteiger partial charge in [0.2, 0.25) is 0 Å². The molecule has 8 nitrogen and oxygen atoms in total. The van der Waals surface area contributed by atoms with Crippen molar-refractivity contribution in [3.8, 4) is 22.5 Å². The Morgan fingerprint density at radius 3 is 2.63 bits per heavy atom. The summed E-state index contributed by atoms with van der Waals surface area (Å²) in [6, 6.07) is 13.8. The van der Waals surface area contributed by atoms with Gasteiger partial charge in [0.25, 0.3) is 5.91 Å². The third-order valence-electron chi connectivity index (χ3n) is 5.91. The molecule has 0 radical (unpaired) electrons. The number of benzene rings is 1. The van der Waals surface area contributed by atoms with Crippen LogP contribution >= 0.6 is 67.8 Å². The maximum Gasteiger partial charge on any atom is 0.255 e. The predicted octanol–water partition coefficient (Wildman–Crippen LogP) is 5.51. The average molecular weight is 806 g/mol. The van der Waals surface area contributed by atoms with Crippen molar-refractivity contribution >= 4 is 90.4 Å². The summed E-state index contributed by atoms with van der Waals surface area (Å²) in [4.78, 5) is 26.9. The smallest absolute Gasteiger partial charge is 0.255 e. The van der Waals surface area contributed by atoms with Gasteiger partial charge in [0, 0.05) is 43.5 Å². The number of carbonyl (C=O) groups excluding carboxylic acids is 1. The molecular formula is C24H21I3N6O2. The van der Waals surface area contributed by atoms with Gasteiger partial charge in [-0.05, 0) is 109 Å². The summed E-state index contributed by atoms with van der Waals surface area (Å²) in [7, 11) is 1.82. The van der Waals surface area contributed by atoms with E-state index in [1.165, 1.54) is 0 Å². The maximum absolute atomic E-state index is 13.2. The Kier molecular flexibility index (Phi) is 7.46. The van der Waals surface area contributed by atoms with Crippen molar-refractivity contribution in [1.82, 2.24) is 25.1 Å². The second-order valence-corrected chi connectivity index (χ2v) is 18.9. The van der Waals surface area contributed by atoms with Crippen LogP contribution in [-0.2, 0) is 4.74 Å². The average Bonchev–Trinajstić information content (AvgIpc) is 3.42. The Morgan fingerprint density at radius 1 is 1.11 bits per heavy atom. The van der Waals surface area contributed by atoms with Crippen LogP contribution in [0.2, 0.25) is 0 Å². The molecule has 11 heteroatoms. The van der Waals surface area contributed by atoms with Crippen LogP contribution in [0.3, 0.4) is 0 Å². The van der Waals surface area contributed by atoms with Crippen molar-refractivity contribution in [2.24, 2.45) is 0 Å². The van der Waals surface area contributed by atoms with Crippen molar-refractivity contribution in [1.29, 1.82) is 0 Å². The fourth-order valence-corrected chi connectivity index (χ4v) is 4.70. The molecule has 1 aliphatic heterocycles. The van der Waals surface area contributed by atoms with Gasteiger partial charge >= 0.3 is 0 Å². The van der Waals surface area contributed by atoms with Crippen LogP contribution < -0.4 is 4.90 Å². The maximum atomic E-state index is 13.2. The van der Waals surface area contributed by atoms with Crippen LogP contribution in [0.25, 0.3) is 33.4 Å². The highest BCUT2D eigenvalue weighted by Crippen LogP contribution is 2.40. The number of hydrogen-bond acceptors (Lipinski definition) is 6. The predicted molar refractivity (Wildman–Crippen MR) is 162 cm³/mol. The highest BCUT2D eigenvalue weighted by molar-refractivity contribution is 14.3. The van der Waals surface area contributed by atoms with Gasteiger partial charge in [-0.2, -0.15) is 5.10 Å². The third kappa shape index (κ3) is 5.27. The van der Waals surface area contributed by atoms with Crippen molar-refractivity contribution in [3.05, 3.63) is 60.4 Å². The Morgan fingerprint density at radius 2 is 1.91 bits per heavy atom. The molecule has 3 aromatic heterocycles. The highest BCUT2D eigenvalue weighted by Gasteiger charge is 2.29. The first-order valence-electron chi connectivity index (χ1n) is 10.9. The quantitative estimate of drug-likeness (QED) is 0.163. The van der Waals surface area contributed by atoms with Gasteiger partial charge in [0.05, 0.1) is 18.9 Å².